The van der Waals surface area contributed by atoms with Crippen LogP contribution in [-0.4, -0.2) is 57.6 Å². The van der Waals surface area contributed by atoms with Crippen LogP contribution in [0.3, 0.4) is 0 Å². The minimum Gasteiger partial charge on any atom is -0.494 e. The Bertz CT molecular complexity index is 1420. The van der Waals surface area contributed by atoms with E-state index in [1.807, 2.05) is 37.3 Å². The van der Waals surface area contributed by atoms with Crippen molar-refractivity contribution in [1.29, 1.82) is 0 Å². The molecular formula is C24H27N7O4S. The SMILES string of the molecule is COc1ccnc(OC)c1-n1c(NS(=O)(=O)[C@@H](C)[C@H](C)c2cnc(C)cn2)nnc1-c1ccccc1. The van der Waals surface area contributed by atoms with E-state index in [1.165, 1.54) is 25.0 Å². The van der Waals surface area contributed by atoms with Crippen LogP contribution in [0.15, 0.2) is 55.0 Å². The fraction of sp³-hybridized carbons (Fsp3) is 0.292. The van der Waals surface area contributed by atoms with Gasteiger partial charge in [-0.2, -0.15) is 0 Å². The van der Waals surface area contributed by atoms with E-state index < -0.39 is 21.2 Å². The van der Waals surface area contributed by atoms with Crippen LogP contribution in [0.5, 0.6) is 11.6 Å². The van der Waals surface area contributed by atoms with Gasteiger partial charge in [-0.05, 0) is 13.8 Å². The first-order valence-electron chi connectivity index (χ1n) is 11.1. The second-order valence-corrected chi connectivity index (χ2v) is 10.2. The Hall–Kier alpha value is -4.06. The highest BCUT2D eigenvalue weighted by Crippen LogP contribution is 2.36. The first-order valence-corrected chi connectivity index (χ1v) is 12.7. The lowest BCUT2D eigenvalue weighted by molar-refractivity contribution is 0.379. The molecule has 0 saturated heterocycles. The molecule has 2 atom stereocenters. The number of nitrogens with one attached hydrogen (secondary N) is 1. The summed E-state index contributed by atoms with van der Waals surface area (Å²) in [6, 6.07) is 10.9. The molecule has 3 heterocycles. The first kappa shape index (κ1) is 25.0. The van der Waals surface area contributed by atoms with E-state index in [-0.39, 0.29) is 11.8 Å². The standard InChI is InChI=1S/C24H27N7O4S/c1-15-13-27-19(14-26-15)16(2)17(3)36(32,33)30-24-29-28-22(18-9-7-6-8-10-18)31(24)21-20(34-4)11-12-25-23(21)35-5/h6-14,16-17H,1-5H3,(H,29,30)/t16-,17-/m0/s1. The van der Waals surface area contributed by atoms with Crippen LogP contribution < -0.4 is 14.2 Å². The minimum absolute atomic E-state index is 0.0347. The maximum absolute atomic E-state index is 13.5. The molecule has 4 rings (SSSR count). The Morgan fingerprint density at radius 1 is 0.944 bits per heavy atom. The quantitative estimate of drug-likeness (QED) is 0.360. The number of rotatable bonds is 9. The lowest BCUT2D eigenvalue weighted by Gasteiger charge is -2.21. The van der Waals surface area contributed by atoms with Gasteiger partial charge in [-0.3, -0.25) is 19.3 Å². The van der Waals surface area contributed by atoms with Gasteiger partial charge in [0.05, 0.1) is 30.9 Å². The molecule has 1 N–H and O–H groups in total. The third kappa shape index (κ3) is 4.85. The number of methoxy groups -OCH3 is 2. The highest BCUT2D eigenvalue weighted by atomic mass is 32.2. The van der Waals surface area contributed by atoms with Gasteiger partial charge in [0.2, 0.25) is 21.9 Å². The molecule has 0 bridgehead atoms. The van der Waals surface area contributed by atoms with E-state index in [1.54, 1.807) is 32.3 Å². The molecule has 12 heteroatoms. The van der Waals surface area contributed by atoms with Crippen LogP contribution in [-0.2, 0) is 10.0 Å². The summed E-state index contributed by atoms with van der Waals surface area (Å²) in [6.07, 6.45) is 4.74. The van der Waals surface area contributed by atoms with Crippen molar-refractivity contribution < 1.29 is 17.9 Å². The zero-order valence-corrected chi connectivity index (χ0v) is 21.4. The molecule has 1 aromatic carbocycles. The molecule has 0 aliphatic carbocycles. The average molecular weight is 510 g/mol. The number of pyridine rings is 1. The lowest BCUT2D eigenvalue weighted by Crippen LogP contribution is -2.31. The third-order valence-corrected chi connectivity index (χ3v) is 7.73. The highest BCUT2D eigenvalue weighted by molar-refractivity contribution is 7.93. The number of sulfonamides is 1. The molecule has 0 spiro atoms. The zero-order chi connectivity index (χ0) is 25.9. The van der Waals surface area contributed by atoms with E-state index in [0.717, 1.165) is 5.69 Å². The van der Waals surface area contributed by atoms with Gasteiger partial charge >= 0.3 is 0 Å². The van der Waals surface area contributed by atoms with Crippen molar-refractivity contribution in [2.24, 2.45) is 0 Å². The molecule has 0 aliphatic rings. The summed E-state index contributed by atoms with van der Waals surface area (Å²) in [5.41, 5.74) is 2.38. The summed E-state index contributed by atoms with van der Waals surface area (Å²) in [6.45, 7) is 5.22. The van der Waals surface area contributed by atoms with Gasteiger partial charge in [0.25, 0.3) is 0 Å². The van der Waals surface area contributed by atoms with Gasteiger partial charge in [0, 0.05) is 36.1 Å². The Morgan fingerprint density at radius 2 is 1.69 bits per heavy atom. The van der Waals surface area contributed by atoms with Crippen molar-refractivity contribution >= 4 is 16.0 Å². The minimum atomic E-state index is -3.95. The van der Waals surface area contributed by atoms with Crippen molar-refractivity contribution in [3.8, 4) is 28.7 Å². The Kier molecular flexibility index (Phi) is 7.15. The summed E-state index contributed by atoms with van der Waals surface area (Å²) in [5, 5.41) is 7.62. The van der Waals surface area contributed by atoms with E-state index in [2.05, 4.69) is 29.9 Å². The van der Waals surface area contributed by atoms with E-state index in [4.69, 9.17) is 9.47 Å². The molecular weight excluding hydrogens is 482 g/mol. The summed E-state index contributed by atoms with van der Waals surface area (Å²) < 4.78 is 42.2. The smallest absolute Gasteiger partial charge is 0.243 e. The van der Waals surface area contributed by atoms with Crippen LogP contribution in [0.2, 0.25) is 0 Å². The largest absolute Gasteiger partial charge is 0.494 e. The van der Waals surface area contributed by atoms with Crippen molar-refractivity contribution in [3.05, 3.63) is 66.4 Å². The molecule has 0 aliphatic heterocycles. The third-order valence-electron chi connectivity index (χ3n) is 5.88. The number of ether oxygens (including phenoxy) is 2. The van der Waals surface area contributed by atoms with Gasteiger partial charge < -0.3 is 9.47 Å². The predicted molar refractivity (Wildman–Crippen MR) is 135 cm³/mol. The molecule has 0 amide bonds. The van der Waals surface area contributed by atoms with E-state index in [9.17, 15) is 8.42 Å². The van der Waals surface area contributed by atoms with Crippen molar-refractivity contribution in [1.82, 2.24) is 29.7 Å². The Labute approximate surface area is 209 Å². The fourth-order valence-electron chi connectivity index (χ4n) is 3.64. The lowest BCUT2D eigenvalue weighted by atomic mass is 10.1. The topological polar surface area (TPSA) is 134 Å². The van der Waals surface area contributed by atoms with Crippen LogP contribution in [0.4, 0.5) is 5.95 Å². The summed E-state index contributed by atoms with van der Waals surface area (Å²) >= 11 is 0. The second-order valence-electron chi connectivity index (χ2n) is 8.14. The summed E-state index contributed by atoms with van der Waals surface area (Å²) in [7, 11) is -0.985. The fourth-order valence-corrected chi connectivity index (χ4v) is 4.89. The number of nitrogens with zero attached hydrogens (tertiary/aromatic N) is 6. The molecule has 4 aromatic rings. The number of hydrogen-bond acceptors (Lipinski definition) is 9. The number of aromatic nitrogens is 6. The molecule has 11 nitrogen and oxygen atoms in total. The van der Waals surface area contributed by atoms with Crippen LogP contribution in [0, 0.1) is 6.92 Å². The van der Waals surface area contributed by atoms with E-state index in [0.29, 0.717) is 28.5 Å². The molecule has 0 radical (unpaired) electrons. The molecule has 3 aromatic heterocycles. The second kappa shape index (κ2) is 10.3. The Balaban J connectivity index is 1.81. The van der Waals surface area contributed by atoms with Crippen LogP contribution in [0.1, 0.15) is 31.2 Å². The average Bonchev–Trinajstić information content (AvgIpc) is 3.30. The van der Waals surface area contributed by atoms with Crippen molar-refractivity contribution in [2.75, 3.05) is 18.9 Å². The van der Waals surface area contributed by atoms with Crippen LogP contribution in [0.25, 0.3) is 17.1 Å². The number of aryl methyl sites for hydroxylation is 1. The van der Waals surface area contributed by atoms with Crippen LogP contribution >= 0.6 is 0 Å². The molecule has 188 valence electrons. The van der Waals surface area contributed by atoms with Gasteiger partial charge in [-0.25, -0.2) is 13.4 Å². The predicted octanol–water partition coefficient (Wildman–Crippen LogP) is 3.38. The normalized spacial score (nSPS) is 13.1. The highest BCUT2D eigenvalue weighted by Gasteiger charge is 2.32. The summed E-state index contributed by atoms with van der Waals surface area (Å²) in [4.78, 5) is 12.9. The van der Waals surface area contributed by atoms with Gasteiger partial charge in [0.15, 0.2) is 11.5 Å². The van der Waals surface area contributed by atoms with Gasteiger partial charge in [-0.1, -0.05) is 37.3 Å². The first-order chi connectivity index (χ1) is 17.3. The zero-order valence-electron chi connectivity index (χ0n) is 20.6. The van der Waals surface area contributed by atoms with Gasteiger partial charge in [0.1, 0.15) is 5.75 Å². The monoisotopic (exact) mass is 509 g/mol. The van der Waals surface area contributed by atoms with Crippen molar-refractivity contribution in [3.63, 3.8) is 0 Å². The maximum atomic E-state index is 13.5. The molecule has 0 fully saturated rings. The van der Waals surface area contributed by atoms with Crippen molar-refractivity contribution in [2.45, 2.75) is 31.9 Å². The van der Waals surface area contributed by atoms with Gasteiger partial charge in [-0.15, -0.1) is 10.2 Å². The Morgan fingerprint density at radius 3 is 2.33 bits per heavy atom. The van der Waals surface area contributed by atoms with E-state index >= 15 is 0 Å². The molecule has 0 unspecified atom stereocenters. The number of anilines is 1. The number of hydrogen-bond donors (Lipinski definition) is 1. The molecule has 36 heavy (non-hydrogen) atoms. The maximum Gasteiger partial charge on any atom is 0.243 e. The summed E-state index contributed by atoms with van der Waals surface area (Å²) in [5.74, 6) is 0.511. The molecule has 0 saturated carbocycles. The number of benzene rings is 1.